The lowest BCUT2D eigenvalue weighted by atomic mass is 9.95. The molecule has 4 N–H and O–H groups in total. The van der Waals surface area contributed by atoms with Gasteiger partial charge in [-0.2, -0.15) is 0 Å². The van der Waals surface area contributed by atoms with Crippen LogP contribution >= 0.6 is 0 Å². The Bertz CT molecular complexity index is 1070. The number of hydrogen-bond donors (Lipinski definition) is 2. The van der Waals surface area contributed by atoms with E-state index in [1.54, 1.807) is 0 Å². The third-order valence-electron chi connectivity index (χ3n) is 3.54. The first-order valence-corrected chi connectivity index (χ1v) is 10.3. The number of carbonyl (C=O) groups is 1. The number of benzene rings is 2. The van der Waals surface area contributed by atoms with E-state index < -0.39 is 25.6 Å². The van der Waals surface area contributed by atoms with Gasteiger partial charge in [0.25, 0.3) is 0 Å². The van der Waals surface area contributed by atoms with Gasteiger partial charge in [0.05, 0.1) is 16.1 Å². The summed E-state index contributed by atoms with van der Waals surface area (Å²) >= 11 is 0. The van der Waals surface area contributed by atoms with E-state index in [2.05, 4.69) is 6.58 Å². The second kappa shape index (κ2) is 6.43. The Hall–Kier alpha value is -2.49. The summed E-state index contributed by atoms with van der Waals surface area (Å²) in [4.78, 5) is 12.0. The molecule has 0 atom stereocenters. The largest absolute Gasteiger partial charge is 0.397 e. The van der Waals surface area contributed by atoms with Gasteiger partial charge in [0.1, 0.15) is 4.90 Å². The van der Waals surface area contributed by atoms with Crippen LogP contribution in [-0.2, 0) is 19.9 Å². The summed E-state index contributed by atoms with van der Waals surface area (Å²) in [7, 11) is -7.48. The number of rotatable bonds is 5. The monoisotopic (exact) mass is 380 g/mol. The van der Waals surface area contributed by atoms with Crippen LogP contribution in [0.5, 0.6) is 0 Å². The zero-order valence-electron chi connectivity index (χ0n) is 13.3. The fourth-order valence-electron chi connectivity index (χ4n) is 2.34. The van der Waals surface area contributed by atoms with Crippen molar-refractivity contribution in [3.8, 4) is 11.1 Å². The lowest BCUT2D eigenvalue weighted by Gasteiger charge is -2.14. The molecule has 25 heavy (non-hydrogen) atoms. The molecule has 7 nitrogen and oxygen atoms in total. The van der Waals surface area contributed by atoms with Crippen LogP contribution < -0.4 is 10.9 Å². The van der Waals surface area contributed by atoms with Crippen molar-refractivity contribution in [1.82, 2.24) is 0 Å². The Kier molecular flexibility index (Phi) is 4.85. The Morgan fingerprint density at radius 2 is 1.60 bits per heavy atom. The van der Waals surface area contributed by atoms with Crippen molar-refractivity contribution in [1.29, 1.82) is 0 Å². The molecular weight excluding hydrogens is 364 g/mol. The molecule has 0 spiro atoms. The molecule has 0 aliphatic heterocycles. The molecule has 0 bridgehead atoms. The molecule has 0 amide bonds. The predicted octanol–water partition coefficient (Wildman–Crippen LogP) is 1.36. The highest BCUT2D eigenvalue weighted by atomic mass is 32.2. The van der Waals surface area contributed by atoms with Crippen LogP contribution in [-0.4, -0.2) is 28.9 Å². The lowest BCUT2D eigenvalue weighted by molar-refractivity contribution is 0.104. The number of sulfonamides is 1. The van der Waals surface area contributed by atoms with Crippen molar-refractivity contribution in [3.63, 3.8) is 0 Å². The van der Waals surface area contributed by atoms with Gasteiger partial charge in [-0.1, -0.05) is 24.8 Å². The highest BCUT2D eigenvalue weighted by Crippen LogP contribution is 2.33. The molecule has 0 aliphatic rings. The minimum Gasteiger partial charge on any atom is -0.397 e. The Morgan fingerprint density at radius 1 is 1.04 bits per heavy atom. The third kappa shape index (κ3) is 3.78. The van der Waals surface area contributed by atoms with E-state index >= 15 is 0 Å². The molecule has 2 rings (SSSR count). The van der Waals surface area contributed by atoms with E-state index in [0.29, 0.717) is 11.1 Å². The first kappa shape index (κ1) is 18.8. The van der Waals surface area contributed by atoms with E-state index in [1.165, 1.54) is 36.4 Å². The number of sulfone groups is 1. The predicted molar refractivity (Wildman–Crippen MR) is 95.3 cm³/mol. The molecule has 0 fully saturated rings. The number of primary sulfonamides is 1. The smallest absolute Gasteiger partial charge is 0.240 e. The van der Waals surface area contributed by atoms with Crippen molar-refractivity contribution in [2.45, 2.75) is 9.79 Å². The summed E-state index contributed by atoms with van der Waals surface area (Å²) < 4.78 is 46.3. The van der Waals surface area contributed by atoms with Gasteiger partial charge in [-0.25, -0.2) is 22.0 Å². The minimum atomic E-state index is -4.11. The number of carbonyl (C=O) groups excluding carboxylic acids is 1. The molecule has 2 aromatic rings. The highest BCUT2D eigenvalue weighted by Gasteiger charge is 2.22. The van der Waals surface area contributed by atoms with Gasteiger partial charge in [0, 0.05) is 6.26 Å². The van der Waals surface area contributed by atoms with Crippen molar-refractivity contribution in [3.05, 3.63) is 54.6 Å². The van der Waals surface area contributed by atoms with Gasteiger partial charge >= 0.3 is 0 Å². The first-order chi connectivity index (χ1) is 11.5. The summed E-state index contributed by atoms with van der Waals surface area (Å²) in [5.74, 6) is -0.579. The molecule has 0 aromatic heterocycles. The quantitative estimate of drug-likeness (QED) is 0.456. The summed E-state index contributed by atoms with van der Waals surface area (Å²) in [6.07, 6.45) is 2.08. The molecule has 132 valence electrons. The van der Waals surface area contributed by atoms with Gasteiger partial charge < -0.3 is 5.73 Å². The highest BCUT2D eigenvalue weighted by molar-refractivity contribution is 7.90. The van der Waals surface area contributed by atoms with E-state index in [4.69, 9.17) is 10.9 Å². The van der Waals surface area contributed by atoms with Crippen molar-refractivity contribution in [2.75, 3.05) is 12.0 Å². The molecule has 2 aromatic carbocycles. The maximum atomic E-state index is 12.2. The molecule has 9 heteroatoms. The zero-order chi connectivity index (χ0) is 19.0. The normalized spacial score (nSPS) is 11.9. The minimum absolute atomic E-state index is 0.0615. The van der Waals surface area contributed by atoms with Crippen molar-refractivity contribution in [2.24, 2.45) is 5.14 Å². The SMILES string of the molecule is C=CC(=O)c1c(-c2ccc(S(C)(=O)=O)cc2)ccc(S(N)(=O)=O)c1N. The standard InChI is InChI=1S/C16H16N2O5S2/c1-3-13(19)15-12(8-9-14(16(15)17)25(18,22)23)10-4-6-11(7-5-10)24(2,20)21/h3-9H,1,17H2,2H3,(H2,18,22,23). The van der Waals surface area contributed by atoms with E-state index in [0.717, 1.165) is 12.3 Å². The van der Waals surface area contributed by atoms with Crippen LogP contribution in [0.15, 0.2) is 58.8 Å². The number of ketones is 1. The van der Waals surface area contributed by atoms with Crippen molar-refractivity contribution >= 4 is 31.3 Å². The molecule has 0 unspecified atom stereocenters. The lowest BCUT2D eigenvalue weighted by Crippen LogP contribution is -2.17. The summed E-state index contributed by atoms with van der Waals surface area (Å²) in [5.41, 5.74) is 6.35. The topological polar surface area (TPSA) is 137 Å². The number of nitrogens with two attached hydrogens (primary N) is 2. The van der Waals surface area contributed by atoms with Gasteiger partial charge in [0.15, 0.2) is 15.6 Å². The zero-order valence-corrected chi connectivity index (χ0v) is 14.9. The Labute approximate surface area is 145 Å². The first-order valence-electron chi connectivity index (χ1n) is 6.89. The number of anilines is 1. The van der Waals surface area contributed by atoms with Crippen molar-refractivity contribution < 1.29 is 21.6 Å². The van der Waals surface area contributed by atoms with Crippen LogP contribution in [0.25, 0.3) is 11.1 Å². The maximum Gasteiger partial charge on any atom is 0.240 e. The van der Waals surface area contributed by atoms with Crippen LogP contribution in [0, 0.1) is 0 Å². The Morgan fingerprint density at radius 3 is 2.04 bits per heavy atom. The van der Waals surface area contributed by atoms with E-state index in [9.17, 15) is 21.6 Å². The average molecular weight is 380 g/mol. The van der Waals surface area contributed by atoms with Gasteiger partial charge in [-0.15, -0.1) is 0 Å². The van der Waals surface area contributed by atoms with Crippen LogP contribution in [0.3, 0.4) is 0 Å². The molecule has 0 heterocycles. The van der Waals surface area contributed by atoms with Gasteiger partial charge in [-0.05, 0) is 35.4 Å². The number of allylic oxidation sites excluding steroid dienone is 1. The molecule has 0 radical (unpaired) electrons. The second-order valence-electron chi connectivity index (χ2n) is 5.31. The van der Waals surface area contributed by atoms with E-state index in [-0.39, 0.29) is 21.0 Å². The van der Waals surface area contributed by atoms with Gasteiger partial charge in [-0.3, -0.25) is 4.79 Å². The summed E-state index contributed by atoms with van der Waals surface area (Å²) in [6.45, 7) is 3.39. The number of hydrogen-bond acceptors (Lipinski definition) is 6. The summed E-state index contributed by atoms with van der Waals surface area (Å²) in [6, 6.07) is 8.36. The van der Waals surface area contributed by atoms with Crippen LogP contribution in [0.1, 0.15) is 10.4 Å². The molecular formula is C16H16N2O5S2. The fourth-order valence-corrected chi connectivity index (χ4v) is 3.64. The number of nitrogen functional groups attached to an aromatic ring is 1. The fraction of sp³-hybridized carbons (Fsp3) is 0.0625. The third-order valence-corrected chi connectivity index (χ3v) is 5.63. The van der Waals surface area contributed by atoms with Crippen LogP contribution in [0.2, 0.25) is 0 Å². The Balaban J connectivity index is 2.76. The summed E-state index contributed by atoms with van der Waals surface area (Å²) in [5, 5.41) is 5.11. The molecule has 0 saturated heterocycles. The molecule has 0 aliphatic carbocycles. The maximum absolute atomic E-state index is 12.2. The molecule has 0 saturated carbocycles. The van der Waals surface area contributed by atoms with Crippen LogP contribution in [0.4, 0.5) is 5.69 Å². The van der Waals surface area contributed by atoms with E-state index in [1.807, 2.05) is 0 Å². The van der Waals surface area contributed by atoms with Gasteiger partial charge in [0.2, 0.25) is 10.0 Å². The second-order valence-corrected chi connectivity index (χ2v) is 8.86. The average Bonchev–Trinajstić information content (AvgIpc) is 2.52.